The molecule has 104 valence electrons. The van der Waals surface area contributed by atoms with Gasteiger partial charge in [0.2, 0.25) is 0 Å². The molecule has 0 bridgehead atoms. The fourth-order valence-corrected chi connectivity index (χ4v) is 2.60. The minimum absolute atomic E-state index is 0.0102. The lowest BCUT2D eigenvalue weighted by atomic mass is 10.2. The molecule has 0 aliphatic carbocycles. The van der Waals surface area contributed by atoms with Gasteiger partial charge in [-0.2, -0.15) is 0 Å². The second kappa shape index (κ2) is 5.98. The molecule has 0 aliphatic rings. The Hall–Kier alpha value is -1.98. The van der Waals surface area contributed by atoms with Crippen molar-refractivity contribution in [1.29, 1.82) is 0 Å². The number of hydrogen-bond acceptors (Lipinski definition) is 3. The van der Waals surface area contributed by atoms with Crippen LogP contribution in [0.1, 0.15) is 5.56 Å². The quantitative estimate of drug-likeness (QED) is 0.909. The first kappa shape index (κ1) is 14.4. The van der Waals surface area contributed by atoms with Crippen LogP contribution < -0.4 is 4.72 Å². The van der Waals surface area contributed by atoms with E-state index in [0.29, 0.717) is 16.3 Å². The van der Waals surface area contributed by atoms with E-state index in [0.717, 1.165) is 5.41 Å². The van der Waals surface area contributed by atoms with E-state index in [1.54, 1.807) is 36.4 Å². The Balaban J connectivity index is 2.15. The standard InChI is InChI=1S/C14H12ClNO3S/c15-12-4-1-3-11(9-12)7-8-20(18,19)16-13-5-2-6-14(17)10-13/h1-10,16-17H/b8-7+. The lowest BCUT2D eigenvalue weighted by Crippen LogP contribution is -2.08. The molecular formula is C14H12ClNO3S. The third-order valence-electron chi connectivity index (χ3n) is 2.39. The van der Waals surface area contributed by atoms with Gasteiger partial charge < -0.3 is 5.11 Å². The van der Waals surface area contributed by atoms with Crippen molar-refractivity contribution in [2.24, 2.45) is 0 Å². The number of anilines is 1. The number of rotatable bonds is 4. The third kappa shape index (κ3) is 4.29. The Morgan fingerprint density at radius 2 is 1.85 bits per heavy atom. The minimum Gasteiger partial charge on any atom is -0.508 e. The summed E-state index contributed by atoms with van der Waals surface area (Å²) in [6.45, 7) is 0. The summed E-state index contributed by atoms with van der Waals surface area (Å²) in [5.74, 6) is -0.0102. The summed E-state index contributed by atoms with van der Waals surface area (Å²) < 4.78 is 26.1. The largest absolute Gasteiger partial charge is 0.508 e. The molecule has 2 N–H and O–H groups in total. The third-order valence-corrected chi connectivity index (χ3v) is 3.64. The van der Waals surface area contributed by atoms with E-state index in [4.69, 9.17) is 11.6 Å². The van der Waals surface area contributed by atoms with E-state index >= 15 is 0 Å². The zero-order valence-corrected chi connectivity index (χ0v) is 11.9. The SMILES string of the molecule is O=S(=O)(/C=C/c1cccc(Cl)c1)Nc1cccc(O)c1. The highest BCUT2D eigenvalue weighted by molar-refractivity contribution is 7.95. The van der Waals surface area contributed by atoms with E-state index < -0.39 is 10.0 Å². The Morgan fingerprint density at radius 1 is 1.10 bits per heavy atom. The summed E-state index contributed by atoms with van der Waals surface area (Å²) in [5.41, 5.74) is 0.972. The van der Waals surface area contributed by atoms with Crippen molar-refractivity contribution >= 4 is 33.4 Å². The zero-order valence-electron chi connectivity index (χ0n) is 10.3. The average molecular weight is 310 g/mol. The Labute approximate surface area is 122 Å². The van der Waals surface area contributed by atoms with Gasteiger partial charge in [0.15, 0.2) is 0 Å². The van der Waals surface area contributed by atoms with Crippen molar-refractivity contribution in [1.82, 2.24) is 0 Å². The molecule has 0 unspecified atom stereocenters. The molecule has 0 amide bonds. The normalized spacial score (nSPS) is 11.7. The van der Waals surface area contributed by atoms with E-state index in [2.05, 4.69) is 4.72 Å². The molecule has 20 heavy (non-hydrogen) atoms. The molecule has 0 spiro atoms. The Kier molecular flexibility index (Phi) is 4.32. The van der Waals surface area contributed by atoms with Crippen molar-refractivity contribution in [2.75, 3.05) is 4.72 Å². The fourth-order valence-electron chi connectivity index (χ4n) is 1.55. The number of phenols is 1. The number of benzene rings is 2. The topological polar surface area (TPSA) is 66.4 Å². The van der Waals surface area contributed by atoms with Gasteiger partial charge in [0.1, 0.15) is 5.75 Å². The summed E-state index contributed by atoms with van der Waals surface area (Å²) in [5, 5.41) is 10.9. The lowest BCUT2D eigenvalue weighted by molar-refractivity contribution is 0.475. The van der Waals surface area contributed by atoms with Crippen LogP contribution in [0.4, 0.5) is 5.69 Å². The second-order valence-corrected chi connectivity index (χ2v) is 6.06. The van der Waals surface area contributed by atoms with E-state index in [9.17, 15) is 13.5 Å². The molecule has 0 aromatic heterocycles. The predicted molar refractivity (Wildman–Crippen MR) is 81.1 cm³/mol. The van der Waals surface area contributed by atoms with Crippen molar-refractivity contribution in [2.45, 2.75) is 0 Å². The van der Waals surface area contributed by atoms with E-state index in [1.807, 2.05) is 0 Å². The van der Waals surface area contributed by atoms with Crippen LogP contribution in [0.2, 0.25) is 5.02 Å². The summed E-state index contributed by atoms with van der Waals surface area (Å²) in [7, 11) is -3.65. The molecule has 0 fully saturated rings. The first-order valence-corrected chi connectivity index (χ1v) is 7.62. The van der Waals surface area contributed by atoms with Crippen LogP contribution in [0.3, 0.4) is 0 Å². The van der Waals surface area contributed by atoms with Gasteiger partial charge in [0.25, 0.3) is 10.0 Å². The smallest absolute Gasteiger partial charge is 0.255 e. The van der Waals surface area contributed by atoms with Crippen molar-refractivity contribution in [3.05, 3.63) is 64.5 Å². The molecule has 0 saturated heterocycles. The maximum absolute atomic E-state index is 11.9. The average Bonchev–Trinajstić information content (AvgIpc) is 2.36. The van der Waals surface area contributed by atoms with Crippen LogP contribution in [-0.2, 0) is 10.0 Å². The van der Waals surface area contributed by atoms with E-state index in [1.165, 1.54) is 18.2 Å². The van der Waals surface area contributed by atoms with E-state index in [-0.39, 0.29) is 5.75 Å². The van der Waals surface area contributed by atoms with Gasteiger partial charge in [0.05, 0.1) is 11.1 Å². The molecule has 0 saturated carbocycles. The zero-order chi connectivity index (χ0) is 14.6. The lowest BCUT2D eigenvalue weighted by Gasteiger charge is -2.04. The number of sulfonamides is 1. The van der Waals surface area contributed by atoms with Gasteiger partial charge >= 0.3 is 0 Å². The predicted octanol–water partition coefficient (Wildman–Crippen LogP) is 3.46. The van der Waals surface area contributed by atoms with Gasteiger partial charge in [-0.05, 0) is 35.9 Å². The van der Waals surface area contributed by atoms with Crippen LogP contribution in [0.25, 0.3) is 6.08 Å². The highest BCUT2D eigenvalue weighted by Crippen LogP contribution is 2.17. The minimum atomic E-state index is -3.65. The summed E-state index contributed by atoms with van der Waals surface area (Å²) >= 11 is 5.82. The molecule has 6 heteroatoms. The van der Waals surface area contributed by atoms with Crippen LogP contribution in [0.15, 0.2) is 53.9 Å². The van der Waals surface area contributed by atoms with Crippen LogP contribution >= 0.6 is 11.6 Å². The molecule has 2 aromatic carbocycles. The van der Waals surface area contributed by atoms with Gasteiger partial charge in [0, 0.05) is 11.1 Å². The van der Waals surface area contributed by atoms with Gasteiger partial charge in [-0.1, -0.05) is 29.8 Å². The number of phenolic OH excluding ortho intramolecular Hbond substituents is 1. The number of aromatic hydroxyl groups is 1. The number of halogens is 1. The summed E-state index contributed by atoms with van der Waals surface area (Å²) in [6, 6.07) is 12.7. The van der Waals surface area contributed by atoms with Gasteiger partial charge in [-0.25, -0.2) is 8.42 Å². The van der Waals surface area contributed by atoms with Gasteiger partial charge in [-0.15, -0.1) is 0 Å². The maximum Gasteiger partial charge on any atom is 0.255 e. The van der Waals surface area contributed by atoms with Crippen molar-refractivity contribution in [3.8, 4) is 5.75 Å². The first-order valence-electron chi connectivity index (χ1n) is 5.70. The Bertz CT molecular complexity index is 742. The highest BCUT2D eigenvalue weighted by atomic mass is 35.5. The van der Waals surface area contributed by atoms with Crippen LogP contribution in [-0.4, -0.2) is 13.5 Å². The maximum atomic E-state index is 11.9. The molecule has 4 nitrogen and oxygen atoms in total. The van der Waals surface area contributed by atoms with Crippen LogP contribution in [0, 0.1) is 0 Å². The number of hydrogen-bond donors (Lipinski definition) is 2. The fraction of sp³-hybridized carbons (Fsp3) is 0. The molecule has 0 radical (unpaired) electrons. The molecular weight excluding hydrogens is 298 g/mol. The Morgan fingerprint density at radius 3 is 2.55 bits per heavy atom. The first-order chi connectivity index (χ1) is 9.44. The van der Waals surface area contributed by atoms with Crippen LogP contribution in [0.5, 0.6) is 5.75 Å². The molecule has 2 rings (SSSR count). The molecule has 2 aromatic rings. The van der Waals surface area contributed by atoms with Crippen molar-refractivity contribution in [3.63, 3.8) is 0 Å². The molecule has 0 aliphatic heterocycles. The number of nitrogens with one attached hydrogen (secondary N) is 1. The van der Waals surface area contributed by atoms with Gasteiger partial charge in [-0.3, -0.25) is 4.72 Å². The molecule has 0 atom stereocenters. The monoisotopic (exact) mass is 309 g/mol. The highest BCUT2D eigenvalue weighted by Gasteiger charge is 2.05. The summed E-state index contributed by atoms with van der Waals surface area (Å²) in [6.07, 6.45) is 1.44. The second-order valence-electron chi connectivity index (χ2n) is 4.06. The molecule has 0 heterocycles. The summed E-state index contributed by atoms with van der Waals surface area (Å²) in [4.78, 5) is 0. The van der Waals surface area contributed by atoms with Crippen molar-refractivity contribution < 1.29 is 13.5 Å².